The molecule has 0 aliphatic carbocycles. The van der Waals surface area contributed by atoms with E-state index in [1.54, 1.807) is 18.2 Å². The first-order valence-electron chi connectivity index (χ1n) is 4.45. The quantitative estimate of drug-likeness (QED) is 0.851. The lowest BCUT2D eigenvalue weighted by molar-refractivity contribution is -0.137. The van der Waals surface area contributed by atoms with E-state index in [9.17, 15) is 9.59 Å². The van der Waals surface area contributed by atoms with Crippen molar-refractivity contribution < 1.29 is 9.90 Å². The molecular weight excluding hydrogens is 232 g/mol. The number of aliphatic carboxylic acids is 1. The molecule has 5 nitrogen and oxygen atoms in total. The molecule has 82 valence electrons. The predicted molar refractivity (Wildman–Crippen MR) is 58.6 cm³/mol. The maximum atomic E-state index is 11.9. The zero-order valence-corrected chi connectivity index (χ0v) is 8.81. The molecule has 0 saturated heterocycles. The number of rotatable bonds is 2. The molecule has 1 heterocycles. The highest BCUT2D eigenvalue weighted by atomic mass is 35.5. The average molecular weight is 239 g/mol. The summed E-state index contributed by atoms with van der Waals surface area (Å²) in [6.45, 7) is -0.424. The van der Waals surface area contributed by atoms with Gasteiger partial charge in [0.25, 0.3) is 5.56 Å². The second-order valence-electron chi connectivity index (χ2n) is 3.21. The highest BCUT2D eigenvalue weighted by Gasteiger charge is 2.09. The van der Waals surface area contributed by atoms with Crippen LogP contribution in [0.4, 0.5) is 0 Å². The summed E-state index contributed by atoms with van der Waals surface area (Å²) >= 11 is 5.87. The Bertz CT molecular complexity index is 621. The smallest absolute Gasteiger partial charge is 0.323 e. The molecule has 0 unspecified atom stereocenters. The van der Waals surface area contributed by atoms with Crippen LogP contribution in [0.5, 0.6) is 0 Å². The van der Waals surface area contributed by atoms with Crippen LogP contribution in [-0.2, 0) is 11.3 Å². The third-order valence-corrected chi connectivity index (χ3v) is 2.42. The van der Waals surface area contributed by atoms with Gasteiger partial charge in [0.2, 0.25) is 0 Å². The topological polar surface area (TPSA) is 72.2 Å². The average Bonchev–Trinajstić information content (AvgIpc) is 2.22. The molecule has 0 radical (unpaired) electrons. The van der Waals surface area contributed by atoms with Crippen molar-refractivity contribution in [3.05, 3.63) is 39.9 Å². The van der Waals surface area contributed by atoms with E-state index in [-0.39, 0.29) is 10.4 Å². The fraction of sp³-hybridized carbons (Fsp3) is 0.100. The summed E-state index contributed by atoms with van der Waals surface area (Å²) in [5.74, 6) is -1.10. The third-order valence-electron chi connectivity index (χ3n) is 2.11. The van der Waals surface area contributed by atoms with Crippen molar-refractivity contribution in [1.82, 2.24) is 9.55 Å². The van der Waals surface area contributed by atoms with Crippen molar-refractivity contribution in [2.75, 3.05) is 0 Å². The predicted octanol–water partition coefficient (Wildman–Crippen LogP) is 1.13. The molecular formula is C10H7ClN2O3. The maximum absolute atomic E-state index is 11.9. The first kappa shape index (κ1) is 10.6. The summed E-state index contributed by atoms with van der Waals surface area (Å²) in [5.41, 5.74) is 0.0112. The Morgan fingerprint density at radius 1 is 1.50 bits per heavy atom. The van der Waals surface area contributed by atoms with E-state index >= 15 is 0 Å². The monoisotopic (exact) mass is 238 g/mol. The zero-order chi connectivity index (χ0) is 11.7. The van der Waals surface area contributed by atoms with Gasteiger partial charge >= 0.3 is 5.97 Å². The van der Waals surface area contributed by atoms with Gasteiger partial charge in [0.05, 0.1) is 22.3 Å². The number of carbonyl (C=O) groups is 1. The Balaban J connectivity index is 2.73. The van der Waals surface area contributed by atoms with E-state index in [1.807, 2.05) is 0 Å². The number of halogens is 1. The van der Waals surface area contributed by atoms with Crippen LogP contribution in [0, 0.1) is 0 Å². The highest BCUT2D eigenvalue weighted by Crippen LogP contribution is 2.17. The first-order valence-corrected chi connectivity index (χ1v) is 4.83. The number of carboxylic acids is 1. The highest BCUT2D eigenvalue weighted by molar-refractivity contribution is 6.35. The van der Waals surface area contributed by atoms with Crippen LogP contribution in [0.15, 0.2) is 29.3 Å². The number of aromatic nitrogens is 2. The van der Waals surface area contributed by atoms with E-state index in [2.05, 4.69) is 4.98 Å². The molecule has 2 rings (SSSR count). The molecule has 1 aromatic heterocycles. The zero-order valence-electron chi connectivity index (χ0n) is 8.05. The Morgan fingerprint density at radius 2 is 2.25 bits per heavy atom. The van der Waals surface area contributed by atoms with Crippen LogP contribution >= 0.6 is 11.6 Å². The van der Waals surface area contributed by atoms with Crippen LogP contribution in [0.1, 0.15) is 0 Å². The largest absolute Gasteiger partial charge is 0.480 e. The van der Waals surface area contributed by atoms with E-state index in [1.165, 1.54) is 6.33 Å². The minimum atomic E-state index is -1.10. The van der Waals surface area contributed by atoms with Gasteiger partial charge in [-0.1, -0.05) is 17.7 Å². The molecule has 1 aromatic carbocycles. The van der Waals surface area contributed by atoms with Crippen molar-refractivity contribution in [1.29, 1.82) is 0 Å². The summed E-state index contributed by atoms with van der Waals surface area (Å²) < 4.78 is 1.01. The molecule has 0 atom stereocenters. The van der Waals surface area contributed by atoms with Crippen LogP contribution in [-0.4, -0.2) is 20.6 Å². The van der Waals surface area contributed by atoms with Gasteiger partial charge in [0, 0.05) is 0 Å². The Kier molecular flexibility index (Phi) is 2.62. The minimum absolute atomic E-state index is 0.243. The molecule has 0 spiro atoms. The number of hydrogen-bond donors (Lipinski definition) is 1. The van der Waals surface area contributed by atoms with Crippen molar-refractivity contribution >= 4 is 28.5 Å². The van der Waals surface area contributed by atoms with Crippen LogP contribution in [0.3, 0.4) is 0 Å². The number of hydrogen-bond acceptors (Lipinski definition) is 3. The van der Waals surface area contributed by atoms with Crippen LogP contribution in [0.25, 0.3) is 10.9 Å². The van der Waals surface area contributed by atoms with Gasteiger partial charge in [-0.25, -0.2) is 4.98 Å². The lowest BCUT2D eigenvalue weighted by Crippen LogP contribution is -2.24. The van der Waals surface area contributed by atoms with E-state index in [0.29, 0.717) is 5.52 Å². The molecule has 0 aliphatic heterocycles. The van der Waals surface area contributed by atoms with Gasteiger partial charge in [-0.2, -0.15) is 0 Å². The lowest BCUT2D eigenvalue weighted by atomic mass is 10.2. The molecule has 0 saturated carbocycles. The third kappa shape index (κ3) is 1.77. The molecule has 0 amide bonds. The summed E-state index contributed by atoms with van der Waals surface area (Å²) in [7, 11) is 0. The SMILES string of the molecule is O=C(O)Cn1cnc2cccc(Cl)c2c1=O. The van der Waals surface area contributed by atoms with Crippen molar-refractivity contribution in [2.24, 2.45) is 0 Å². The fourth-order valence-electron chi connectivity index (χ4n) is 1.42. The van der Waals surface area contributed by atoms with E-state index < -0.39 is 18.1 Å². The molecule has 0 fully saturated rings. The van der Waals surface area contributed by atoms with Crippen molar-refractivity contribution in [2.45, 2.75) is 6.54 Å². The molecule has 1 N–H and O–H groups in total. The minimum Gasteiger partial charge on any atom is -0.480 e. The Hall–Kier alpha value is -1.88. The molecule has 0 bridgehead atoms. The number of benzene rings is 1. The second-order valence-corrected chi connectivity index (χ2v) is 3.61. The summed E-state index contributed by atoms with van der Waals surface area (Å²) in [4.78, 5) is 26.4. The van der Waals surface area contributed by atoms with Crippen LogP contribution < -0.4 is 5.56 Å². The maximum Gasteiger partial charge on any atom is 0.323 e. The van der Waals surface area contributed by atoms with Gasteiger partial charge in [-0.3, -0.25) is 14.2 Å². The lowest BCUT2D eigenvalue weighted by Gasteiger charge is -2.04. The van der Waals surface area contributed by atoms with Gasteiger partial charge < -0.3 is 5.11 Å². The van der Waals surface area contributed by atoms with Gasteiger partial charge in [-0.05, 0) is 12.1 Å². The van der Waals surface area contributed by atoms with Gasteiger partial charge in [0.15, 0.2) is 0 Å². The molecule has 16 heavy (non-hydrogen) atoms. The van der Waals surface area contributed by atoms with Crippen molar-refractivity contribution in [3.63, 3.8) is 0 Å². The number of nitrogens with zero attached hydrogens (tertiary/aromatic N) is 2. The van der Waals surface area contributed by atoms with Gasteiger partial charge in [-0.15, -0.1) is 0 Å². The fourth-order valence-corrected chi connectivity index (χ4v) is 1.67. The molecule has 0 aliphatic rings. The Labute approximate surface area is 94.9 Å². The standard InChI is InChI=1S/C10H7ClN2O3/c11-6-2-1-3-7-9(6)10(16)13(5-12-7)4-8(14)15/h1-3,5H,4H2,(H,14,15). The normalized spacial score (nSPS) is 10.6. The van der Waals surface area contributed by atoms with Gasteiger partial charge in [0.1, 0.15) is 6.54 Å². The summed E-state index contributed by atoms with van der Waals surface area (Å²) in [6, 6.07) is 4.89. The van der Waals surface area contributed by atoms with E-state index in [0.717, 1.165) is 4.57 Å². The number of carboxylic acid groups (broad SMARTS) is 1. The second kappa shape index (κ2) is 3.94. The molecule has 2 aromatic rings. The summed E-state index contributed by atoms with van der Waals surface area (Å²) in [6.07, 6.45) is 1.20. The summed E-state index contributed by atoms with van der Waals surface area (Å²) in [5, 5.41) is 9.13. The van der Waals surface area contributed by atoms with E-state index in [4.69, 9.17) is 16.7 Å². The number of fused-ring (bicyclic) bond motifs is 1. The Morgan fingerprint density at radius 3 is 2.94 bits per heavy atom. The van der Waals surface area contributed by atoms with Crippen LogP contribution in [0.2, 0.25) is 5.02 Å². The first-order chi connectivity index (χ1) is 7.59. The molecule has 6 heteroatoms. The van der Waals surface area contributed by atoms with Crippen molar-refractivity contribution in [3.8, 4) is 0 Å².